The summed E-state index contributed by atoms with van der Waals surface area (Å²) in [6, 6.07) is 0. The molecule has 0 saturated heterocycles. The van der Waals surface area contributed by atoms with Gasteiger partial charge in [-0.25, -0.2) is 5.06 Å². The molecule has 0 radical (unpaired) electrons. The van der Waals surface area contributed by atoms with Gasteiger partial charge >= 0.3 is 0 Å². The van der Waals surface area contributed by atoms with Crippen LogP contribution in [0.15, 0.2) is 11.6 Å². The molecule has 8 atom stereocenters. The molecule has 5 aliphatic rings. The van der Waals surface area contributed by atoms with Crippen molar-refractivity contribution < 1.29 is 14.7 Å². The molecule has 1 unspecified atom stereocenters. The van der Waals surface area contributed by atoms with E-state index < -0.39 is 0 Å². The quantitative estimate of drug-likeness (QED) is 0.347. The highest BCUT2D eigenvalue weighted by atomic mass is 16.7. The van der Waals surface area contributed by atoms with Crippen molar-refractivity contribution in [2.75, 3.05) is 7.05 Å². The van der Waals surface area contributed by atoms with Gasteiger partial charge in [-0.05, 0) is 111 Å². The fraction of sp³-hybridized carbons (Fsp3) is 0.900. The van der Waals surface area contributed by atoms with E-state index in [1.54, 1.807) is 10.6 Å². The Hall–Kier alpha value is -0.870. The van der Waals surface area contributed by atoms with Gasteiger partial charge in [-0.15, -0.1) is 0 Å². The first-order valence-corrected chi connectivity index (χ1v) is 14.5. The molecule has 34 heavy (non-hydrogen) atoms. The zero-order chi connectivity index (χ0) is 24.1. The maximum absolute atomic E-state index is 12.8. The third kappa shape index (κ3) is 4.29. The van der Waals surface area contributed by atoms with Gasteiger partial charge < -0.3 is 5.11 Å². The van der Waals surface area contributed by atoms with Crippen molar-refractivity contribution in [1.82, 2.24) is 5.06 Å². The average molecular weight is 472 g/mol. The summed E-state index contributed by atoms with van der Waals surface area (Å²) in [7, 11) is 1.81. The highest BCUT2D eigenvalue weighted by molar-refractivity contribution is 5.74. The normalized spacial score (nSPS) is 43.0. The highest BCUT2D eigenvalue weighted by Gasteiger charge is 2.59. The van der Waals surface area contributed by atoms with Gasteiger partial charge in [0.25, 0.3) is 0 Å². The highest BCUT2D eigenvalue weighted by Crippen LogP contribution is 2.67. The number of nitrogens with zero attached hydrogens (tertiary/aromatic N) is 1. The fourth-order valence-corrected chi connectivity index (χ4v) is 9.60. The lowest BCUT2D eigenvalue weighted by molar-refractivity contribution is -0.196. The zero-order valence-electron chi connectivity index (χ0n) is 22.2. The van der Waals surface area contributed by atoms with Gasteiger partial charge in [-0.3, -0.25) is 9.63 Å². The van der Waals surface area contributed by atoms with Gasteiger partial charge in [0.2, 0.25) is 5.91 Å². The summed E-state index contributed by atoms with van der Waals surface area (Å²) < 4.78 is 0. The number of allylic oxidation sites excluding steroid dienone is 1. The second-order valence-corrected chi connectivity index (χ2v) is 13.3. The summed E-state index contributed by atoms with van der Waals surface area (Å²) in [5.74, 6) is 3.91. The molecular formula is C30H49NO3. The molecule has 0 aromatic carbocycles. The van der Waals surface area contributed by atoms with Gasteiger partial charge in [0.15, 0.2) is 0 Å². The number of hydrogen-bond acceptors (Lipinski definition) is 3. The average Bonchev–Trinajstić information content (AvgIpc) is 3.44. The van der Waals surface area contributed by atoms with Crippen molar-refractivity contribution in [3.05, 3.63) is 11.6 Å². The van der Waals surface area contributed by atoms with Crippen LogP contribution in [-0.2, 0) is 9.63 Å². The Morgan fingerprint density at radius 3 is 2.65 bits per heavy atom. The Bertz CT molecular complexity index is 788. The van der Waals surface area contributed by atoms with E-state index in [1.165, 1.54) is 51.4 Å². The molecule has 0 spiro atoms. The minimum Gasteiger partial charge on any atom is -0.393 e. The first-order valence-electron chi connectivity index (χ1n) is 14.5. The molecule has 4 fully saturated rings. The maximum Gasteiger partial charge on any atom is 0.245 e. The fourth-order valence-electron chi connectivity index (χ4n) is 9.60. The van der Waals surface area contributed by atoms with Crippen molar-refractivity contribution in [3.63, 3.8) is 0 Å². The number of carbonyl (C=O) groups excluding carboxylic acids is 1. The van der Waals surface area contributed by atoms with Crippen molar-refractivity contribution in [2.24, 2.45) is 40.4 Å². The molecule has 4 saturated carbocycles. The molecule has 0 aromatic rings. The van der Waals surface area contributed by atoms with Gasteiger partial charge in [0.05, 0.1) is 12.2 Å². The van der Waals surface area contributed by atoms with Gasteiger partial charge in [-0.1, -0.05) is 45.3 Å². The first kappa shape index (κ1) is 24.8. The predicted octanol–water partition coefficient (Wildman–Crippen LogP) is 6.68. The van der Waals surface area contributed by atoms with Gasteiger partial charge in [0, 0.05) is 13.5 Å². The molecule has 5 rings (SSSR count). The summed E-state index contributed by atoms with van der Waals surface area (Å²) >= 11 is 0. The lowest BCUT2D eigenvalue weighted by atomic mass is 9.47. The summed E-state index contributed by atoms with van der Waals surface area (Å²) in [5, 5.41) is 11.8. The largest absolute Gasteiger partial charge is 0.393 e. The van der Waals surface area contributed by atoms with E-state index >= 15 is 0 Å². The maximum atomic E-state index is 12.8. The first-order chi connectivity index (χ1) is 16.2. The number of fused-ring (bicyclic) bond motifs is 5. The van der Waals surface area contributed by atoms with Crippen LogP contribution in [0.2, 0.25) is 0 Å². The third-order valence-corrected chi connectivity index (χ3v) is 11.6. The van der Waals surface area contributed by atoms with Gasteiger partial charge in [-0.2, -0.15) is 0 Å². The summed E-state index contributed by atoms with van der Waals surface area (Å²) in [4.78, 5) is 18.7. The van der Waals surface area contributed by atoms with Crippen molar-refractivity contribution in [1.29, 1.82) is 0 Å². The van der Waals surface area contributed by atoms with E-state index in [0.29, 0.717) is 23.2 Å². The molecule has 4 heteroatoms. The molecule has 0 heterocycles. The number of aliphatic hydroxyl groups excluding tert-OH is 1. The van der Waals surface area contributed by atoms with Crippen LogP contribution in [0.5, 0.6) is 0 Å². The number of aliphatic hydroxyl groups is 1. The van der Waals surface area contributed by atoms with Crippen LogP contribution in [0.1, 0.15) is 111 Å². The van der Waals surface area contributed by atoms with E-state index in [4.69, 9.17) is 4.84 Å². The second kappa shape index (κ2) is 9.54. The van der Waals surface area contributed by atoms with Crippen LogP contribution in [0.3, 0.4) is 0 Å². The van der Waals surface area contributed by atoms with Crippen LogP contribution in [-0.4, -0.2) is 35.3 Å². The van der Waals surface area contributed by atoms with Crippen LogP contribution >= 0.6 is 0 Å². The lowest BCUT2D eigenvalue weighted by Gasteiger charge is -2.58. The summed E-state index contributed by atoms with van der Waals surface area (Å²) in [6.07, 6.45) is 18.6. The molecule has 0 bridgehead atoms. The molecule has 1 N–H and O–H groups in total. The minimum absolute atomic E-state index is 0.119. The summed E-state index contributed by atoms with van der Waals surface area (Å²) in [5.41, 5.74) is 2.32. The molecular weight excluding hydrogens is 422 g/mol. The van der Waals surface area contributed by atoms with E-state index in [9.17, 15) is 9.90 Å². The third-order valence-electron chi connectivity index (χ3n) is 11.6. The minimum atomic E-state index is -0.119. The van der Waals surface area contributed by atoms with E-state index in [-0.39, 0.29) is 18.1 Å². The Morgan fingerprint density at radius 1 is 1.12 bits per heavy atom. The number of amides is 1. The monoisotopic (exact) mass is 471 g/mol. The Labute approximate surface area is 207 Å². The van der Waals surface area contributed by atoms with Crippen LogP contribution < -0.4 is 0 Å². The smallest absolute Gasteiger partial charge is 0.245 e. The topological polar surface area (TPSA) is 49.8 Å². The van der Waals surface area contributed by atoms with Crippen molar-refractivity contribution in [3.8, 4) is 0 Å². The van der Waals surface area contributed by atoms with E-state index in [0.717, 1.165) is 55.8 Å². The van der Waals surface area contributed by atoms with Crippen LogP contribution in [0.4, 0.5) is 0 Å². The summed E-state index contributed by atoms with van der Waals surface area (Å²) in [6.45, 7) is 7.54. The molecule has 0 aromatic heterocycles. The van der Waals surface area contributed by atoms with Crippen molar-refractivity contribution >= 4 is 5.91 Å². The molecule has 4 nitrogen and oxygen atoms in total. The SMILES string of the molecule is CC(CCC(=O)N(C)OC1CCCC1)[C@H]1CC[C@H]2[C@@H]3CC=C4C[C@@H](O)CC[C@]4(C)[C@H]3CC[C@]12C. The van der Waals surface area contributed by atoms with E-state index in [2.05, 4.69) is 26.8 Å². The Morgan fingerprint density at radius 2 is 1.88 bits per heavy atom. The van der Waals surface area contributed by atoms with Crippen LogP contribution in [0, 0.1) is 40.4 Å². The second-order valence-electron chi connectivity index (χ2n) is 13.3. The molecule has 1 amide bonds. The lowest BCUT2D eigenvalue weighted by Crippen LogP contribution is -2.50. The number of hydroxylamine groups is 2. The zero-order valence-corrected chi connectivity index (χ0v) is 22.2. The molecule has 0 aliphatic heterocycles. The Balaban J connectivity index is 1.20. The number of hydrogen-bond donors (Lipinski definition) is 1. The van der Waals surface area contributed by atoms with Crippen molar-refractivity contribution in [2.45, 2.75) is 123 Å². The predicted molar refractivity (Wildman–Crippen MR) is 136 cm³/mol. The number of carbonyl (C=O) groups is 1. The van der Waals surface area contributed by atoms with Crippen LogP contribution in [0.25, 0.3) is 0 Å². The van der Waals surface area contributed by atoms with E-state index in [1.807, 2.05) is 7.05 Å². The van der Waals surface area contributed by atoms with Gasteiger partial charge in [0.1, 0.15) is 0 Å². The number of rotatable bonds is 6. The molecule has 5 aliphatic carbocycles. The standard InChI is InChI=1S/C30H49NO3/c1-20(9-14-28(33)31(4)34-23-7-5-6-8-23)25-12-13-26-24-11-10-21-19-22(32)15-17-29(21,2)27(24)16-18-30(25,26)3/h10,20,22-27,32H,5-9,11-19H2,1-4H3/t20?,22-,24-,25+,26-,27-,29-,30+/m0/s1. The molecule has 192 valence electrons. The Kier molecular flexibility index (Phi) is 6.96.